The second-order valence-corrected chi connectivity index (χ2v) is 4.47. The van der Waals surface area contributed by atoms with Crippen molar-refractivity contribution in [2.75, 3.05) is 13.9 Å². The van der Waals surface area contributed by atoms with E-state index in [-0.39, 0.29) is 12.7 Å². The highest BCUT2D eigenvalue weighted by molar-refractivity contribution is 5.71. The van der Waals surface area contributed by atoms with Crippen molar-refractivity contribution in [1.82, 2.24) is 0 Å². The normalized spacial score (nSPS) is 13.8. The van der Waals surface area contributed by atoms with E-state index < -0.39 is 0 Å². The van der Waals surface area contributed by atoms with Gasteiger partial charge in [-0.25, -0.2) is 0 Å². The van der Waals surface area contributed by atoms with Crippen molar-refractivity contribution in [3.63, 3.8) is 0 Å². The molecule has 0 N–H and O–H groups in total. The Kier molecular flexibility index (Phi) is 3.29. The largest absolute Gasteiger partial charge is 0.496 e. The number of carbonyl (C=O) groups is 1. The van der Waals surface area contributed by atoms with Crippen LogP contribution in [0.1, 0.15) is 17.0 Å². The molecule has 1 atom stereocenters. The van der Waals surface area contributed by atoms with Crippen LogP contribution in [0.5, 0.6) is 17.2 Å². The van der Waals surface area contributed by atoms with Crippen LogP contribution < -0.4 is 14.2 Å². The Balaban J connectivity index is 2.03. The van der Waals surface area contributed by atoms with Gasteiger partial charge in [0.25, 0.3) is 0 Å². The molecule has 4 heteroatoms. The molecule has 0 aliphatic carbocycles. The maximum Gasteiger partial charge on any atom is 0.231 e. The van der Waals surface area contributed by atoms with Crippen LogP contribution in [0, 0.1) is 0 Å². The van der Waals surface area contributed by atoms with Gasteiger partial charge in [0.15, 0.2) is 11.5 Å². The smallest absolute Gasteiger partial charge is 0.231 e. The average Bonchev–Trinajstić information content (AvgIpc) is 2.96. The fraction of sp³-hybridized carbons (Fsp3) is 0.188. The number of methoxy groups -OCH3 is 1. The molecule has 2 aromatic carbocycles. The number of fused-ring (bicyclic) bond motifs is 1. The van der Waals surface area contributed by atoms with Crippen molar-refractivity contribution in [3.05, 3.63) is 53.6 Å². The van der Waals surface area contributed by atoms with E-state index in [1.807, 2.05) is 42.5 Å². The van der Waals surface area contributed by atoms with E-state index >= 15 is 0 Å². The van der Waals surface area contributed by atoms with Gasteiger partial charge in [-0.3, -0.25) is 0 Å². The van der Waals surface area contributed by atoms with Crippen LogP contribution >= 0.6 is 0 Å². The molecule has 2 aromatic rings. The van der Waals surface area contributed by atoms with Gasteiger partial charge in [0.2, 0.25) is 6.79 Å². The molecule has 0 radical (unpaired) electrons. The fourth-order valence-corrected chi connectivity index (χ4v) is 2.36. The van der Waals surface area contributed by atoms with Crippen LogP contribution in [0.4, 0.5) is 0 Å². The molecule has 1 unspecified atom stereocenters. The first-order chi connectivity index (χ1) is 9.83. The lowest BCUT2D eigenvalue weighted by molar-refractivity contribution is -0.108. The second-order valence-electron chi connectivity index (χ2n) is 4.47. The van der Waals surface area contributed by atoms with Gasteiger partial charge in [-0.05, 0) is 23.8 Å². The summed E-state index contributed by atoms with van der Waals surface area (Å²) < 4.78 is 16.0. The number of aldehydes is 1. The zero-order valence-corrected chi connectivity index (χ0v) is 11.0. The van der Waals surface area contributed by atoms with Gasteiger partial charge >= 0.3 is 0 Å². The Morgan fingerprint density at radius 3 is 2.75 bits per heavy atom. The quantitative estimate of drug-likeness (QED) is 0.801. The molecule has 1 aliphatic rings. The number of benzene rings is 2. The standard InChI is InChI=1S/C16H14O4/c1-18-14-5-3-2-4-12(14)13(9-17)11-6-7-15-16(8-11)20-10-19-15/h2-9,13H,10H2,1H3. The van der Waals surface area contributed by atoms with E-state index in [2.05, 4.69) is 0 Å². The second kappa shape index (κ2) is 5.25. The van der Waals surface area contributed by atoms with Crippen LogP contribution in [0.2, 0.25) is 0 Å². The predicted molar refractivity (Wildman–Crippen MR) is 73.5 cm³/mol. The van der Waals surface area contributed by atoms with Crippen molar-refractivity contribution < 1.29 is 19.0 Å². The molecule has 0 saturated heterocycles. The minimum absolute atomic E-state index is 0.221. The molecule has 20 heavy (non-hydrogen) atoms. The van der Waals surface area contributed by atoms with Crippen LogP contribution in [0.25, 0.3) is 0 Å². The zero-order valence-electron chi connectivity index (χ0n) is 11.0. The summed E-state index contributed by atoms with van der Waals surface area (Å²) in [5, 5.41) is 0. The van der Waals surface area contributed by atoms with Crippen LogP contribution in [0.15, 0.2) is 42.5 Å². The molecule has 0 fully saturated rings. The molecule has 3 rings (SSSR count). The van der Waals surface area contributed by atoms with Gasteiger partial charge in [0.05, 0.1) is 13.0 Å². The molecule has 1 heterocycles. The van der Waals surface area contributed by atoms with Gasteiger partial charge in [-0.15, -0.1) is 0 Å². The first kappa shape index (κ1) is 12.5. The summed E-state index contributed by atoms with van der Waals surface area (Å²) in [5.74, 6) is 1.69. The molecule has 4 nitrogen and oxygen atoms in total. The number of ether oxygens (including phenoxy) is 3. The number of rotatable bonds is 4. The first-order valence-electron chi connectivity index (χ1n) is 6.31. The molecule has 0 bridgehead atoms. The SMILES string of the molecule is COc1ccccc1C(C=O)c1ccc2c(c1)OCO2. The monoisotopic (exact) mass is 270 g/mol. The molecule has 102 valence electrons. The third-order valence-corrected chi connectivity index (χ3v) is 3.37. The van der Waals surface area contributed by atoms with E-state index in [9.17, 15) is 4.79 Å². The molecule has 1 aliphatic heterocycles. The summed E-state index contributed by atoms with van der Waals surface area (Å²) in [5.41, 5.74) is 1.69. The molecular formula is C16H14O4. The fourth-order valence-electron chi connectivity index (χ4n) is 2.36. The predicted octanol–water partition coefficient (Wildman–Crippen LogP) is 2.75. The van der Waals surface area contributed by atoms with Gasteiger partial charge in [0, 0.05) is 5.56 Å². The Bertz CT molecular complexity index is 636. The lowest BCUT2D eigenvalue weighted by atomic mass is 9.91. The van der Waals surface area contributed by atoms with Crippen LogP contribution in [-0.2, 0) is 4.79 Å². The van der Waals surface area contributed by atoms with E-state index in [1.165, 1.54) is 0 Å². The highest BCUT2D eigenvalue weighted by atomic mass is 16.7. The Morgan fingerprint density at radius 1 is 1.15 bits per heavy atom. The minimum Gasteiger partial charge on any atom is -0.496 e. The first-order valence-corrected chi connectivity index (χ1v) is 6.31. The number of carbonyl (C=O) groups excluding carboxylic acids is 1. The van der Waals surface area contributed by atoms with Crippen LogP contribution in [0.3, 0.4) is 0 Å². The summed E-state index contributed by atoms with van der Waals surface area (Å²) in [6, 6.07) is 13.0. The summed E-state index contributed by atoms with van der Waals surface area (Å²) in [6.07, 6.45) is 0.912. The van der Waals surface area contributed by atoms with Crippen molar-refractivity contribution in [3.8, 4) is 17.2 Å². The van der Waals surface area contributed by atoms with Gasteiger partial charge < -0.3 is 19.0 Å². The lowest BCUT2D eigenvalue weighted by Gasteiger charge is -2.15. The number of hydrogen-bond donors (Lipinski definition) is 0. The number of hydrogen-bond acceptors (Lipinski definition) is 4. The Morgan fingerprint density at radius 2 is 1.95 bits per heavy atom. The van der Waals surface area contributed by atoms with E-state index in [4.69, 9.17) is 14.2 Å². The van der Waals surface area contributed by atoms with Gasteiger partial charge in [-0.1, -0.05) is 24.3 Å². The molecule has 0 saturated carbocycles. The van der Waals surface area contributed by atoms with E-state index in [1.54, 1.807) is 7.11 Å². The summed E-state index contributed by atoms with van der Waals surface area (Å²) in [6.45, 7) is 0.221. The molecule has 0 spiro atoms. The number of para-hydroxylation sites is 1. The Hall–Kier alpha value is -2.49. The average molecular weight is 270 g/mol. The van der Waals surface area contributed by atoms with E-state index in [0.29, 0.717) is 17.2 Å². The van der Waals surface area contributed by atoms with Crippen molar-refractivity contribution in [2.24, 2.45) is 0 Å². The maximum absolute atomic E-state index is 11.5. The Labute approximate surface area is 116 Å². The van der Waals surface area contributed by atoms with Crippen molar-refractivity contribution in [1.29, 1.82) is 0 Å². The summed E-state index contributed by atoms with van der Waals surface area (Å²) in [7, 11) is 1.60. The van der Waals surface area contributed by atoms with Crippen LogP contribution in [-0.4, -0.2) is 20.2 Å². The molecular weight excluding hydrogens is 256 g/mol. The van der Waals surface area contributed by atoms with Gasteiger partial charge in [0.1, 0.15) is 12.0 Å². The molecule has 0 amide bonds. The maximum atomic E-state index is 11.5. The molecule has 0 aromatic heterocycles. The zero-order chi connectivity index (χ0) is 13.9. The minimum atomic E-state index is -0.388. The lowest BCUT2D eigenvalue weighted by Crippen LogP contribution is -2.04. The van der Waals surface area contributed by atoms with E-state index in [0.717, 1.165) is 17.4 Å². The topological polar surface area (TPSA) is 44.8 Å². The highest BCUT2D eigenvalue weighted by Crippen LogP contribution is 2.37. The highest BCUT2D eigenvalue weighted by Gasteiger charge is 2.21. The summed E-state index contributed by atoms with van der Waals surface area (Å²) >= 11 is 0. The third kappa shape index (κ3) is 2.09. The van der Waals surface area contributed by atoms with Gasteiger partial charge in [-0.2, -0.15) is 0 Å². The third-order valence-electron chi connectivity index (χ3n) is 3.37. The van der Waals surface area contributed by atoms with Crippen molar-refractivity contribution in [2.45, 2.75) is 5.92 Å². The summed E-state index contributed by atoms with van der Waals surface area (Å²) in [4.78, 5) is 11.5. The van der Waals surface area contributed by atoms with Crippen molar-refractivity contribution >= 4 is 6.29 Å².